The van der Waals surface area contributed by atoms with E-state index in [1.807, 2.05) is 6.07 Å². The maximum Gasteiger partial charge on any atom is 0.124 e. The van der Waals surface area contributed by atoms with Gasteiger partial charge >= 0.3 is 0 Å². The Hall–Kier alpha value is -1.80. The van der Waals surface area contributed by atoms with Gasteiger partial charge in [-0.1, -0.05) is 36.4 Å². The molecule has 2 nitrogen and oxygen atoms in total. The molecule has 1 heterocycles. The lowest BCUT2D eigenvalue weighted by molar-refractivity contribution is 0.301. The van der Waals surface area contributed by atoms with Crippen molar-refractivity contribution in [1.29, 1.82) is 0 Å². The van der Waals surface area contributed by atoms with Crippen molar-refractivity contribution in [3.63, 3.8) is 0 Å². The summed E-state index contributed by atoms with van der Waals surface area (Å²) in [5.41, 5.74) is 5.76. The molecule has 21 heavy (non-hydrogen) atoms. The monoisotopic (exact) mass is 279 g/mol. The zero-order valence-electron chi connectivity index (χ0n) is 12.4. The van der Waals surface area contributed by atoms with Crippen LogP contribution in [-0.2, 0) is 12.8 Å². The highest BCUT2D eigenvalue weighted by Gasteiger charge is 2.25. The number of fused-ring (bicyclic) bond motifs is 2. The summed E-state index contributed by atoms with van der Waals surface area (Å²) in [7, 11) is 0. The summed E-state index contributed by atoms with van der Waals surface area (Å²) in [4.78, 5) is 0. The standard InChI is InChI=1S/C19H21NO/c1-13(15-10-9-14-5-4-6-16(14)11-15)20-18-12-21-19-8-3-2-7-17(18)19/h2-3,7-11,13,18,20H,4-6,12H2,1H3. The lowest BCUT2D eigenvalue weighted by Gasteiger charge is -2.20. The van der Waals surface area contributed by atoms with Crippen molar-refractivity contribution in [2.24, 2.45) is 0 Å². The number of aryl methyl sites for hydroxylation is 2. The lowest BCUT2D eigenvalue weighted by Crippen LogP contribution is -2.25. The molecule has 2 aromatic rings. The van der Waals surface area contributed by atoms with Crippen molar-refractivity contribution in [1.82, 2.24) is 5.32 Å². The number of ether oxygens (including phenoxy) is 1. The number of rotatable bonds is 3. The highest BCUT2D eigenvalue weighted by atomic mass is 16.5. The fraction of sp³-hybridized carbons (Fsp3) is 0.368. The van der Waals surface area contributed by atoms with Crippen molar-refractivity contribution >= 4 is 0 Å². The van der Waals surface area contributed by atoms with E-state index in [1.54, 1.807) is 11.1 Å². The van der Waals surface area contributed by atoms with Gasteiger partial charge in [-0.15, -0.1) is 0 Å². The summed E-state index contributed by atoms with van der Waals surface area (Å²) in [5.74, 6) is 1.02. The topological polar surface area (TPSA) is 21.3 Å². The molecule has 2 heteroatoms. The molecule has 0 bridgehead atoms. The Morgan fingerprint density at radius 1 is 1.10 bits per heavy atom. The minimum Gasteiger partial charge on any atom is -0.491 e. The molecule has 0 saturated heterocycles. The molecule has 1 N–H and O–H groups in total. The van der Waals surface area contributed by atoms with Crippen LogP contribution in [0.5, 0.6) is 5.75 Å². The number of nitrogens with one attached hydrogen (secondary N) is 1. The summed E-state index contributed by atoms with van der Waals surface area (Å²) >= 11 is 0. The first-order chi connectivity index (χ1) is 10.3. The molecule has 4 rings (SSSR count). The second kappa shape index (κ2) is 5.19. The Balaban J connectivity index is 1.53. The predicted octanol–water partition coefficient (Wildman–Crippen LogP) is 3.96. The number of hydrogen-bond donors (Lipinski definition) is 1. The molecule has 1 aliphatic carbocycles. The van der Waals surface area contributed by atoms with Crippen LogP contribution in [0.15, 0.2) is 42.5 Å². The van der Waals surface area contributed by atoms with Crippen molar-refractivity contribution < 1.29 is 4.74 Å². The van der Waals surface area contributed by atoms with Crippen LogP contribution in [0.4, 0.5) is 0 Å². The maximum atomic E-state index is 5.76. The van der Waals surface area contributed by atoms with Gasteiger partial charge in [-0.05, 0) is 48.9 Å². The van der Waals surface area contributed by atoms with Crippen LogP contribution in [0.25, 0.3) is 0 Å². The zero-order chi connectivity index (χ0) is 14.2. The normalized spacial score (nSPS) is 20.7. The van der Waals surface area contributed by atoms with E-state index in [2.05, 4.69) is 48.6 Å². The van der Waals surface area contributed by atoms with E-state index in [-0.39, 0.29) is 0 Å². The van der Waals surface area contributed by atoms with E-state index in [0.717, 1.165) is 12.4 Å². The average molecular weight is 279 g/mol. The number of para-hydroxylation sites is 1. The van der Waals surface area contributed by atoms with E-state index in [0.29, 0.717) is 12.1 Å². The second-order valence-corrected chi connectivity index (χ2v) is 6.17. The fourth-order valence-corrected chi connectivity index (χ4v) is 3.56. The highest BCUT2D eigenvalue weighted by molar-refractivity contribution is 5.40. The van der Waals surface area contributed by atoms with Gasteiger partial charge in [-0.25, -0.2) is 0 Å². The Bertz CT molecular complexity index is 664. The van der Waals surface area contributed by atoms with Gasteiger partial charge in [0.25, 0.3) is 0 Å². The molecule has 2 unspecified atom stereocenters. The van der Waals surface area contributed by atoms with Crippen LogP contribution < -0.4 is 10.1 Å². The van der Waals surface area contributed by atoms with Crippen LogP contribution in [0, 0.1) is 0 Å². The third kappa shape index (κ3) is 2.34. The van der Waals surface area contributed by atoms with Crippen LogP contribution in [0.2, 0.25) is 0 Å². The second-order valence-electron chi connectivity index (χ2n) is 6.17. The van der Waals surface area contributed by atoms with Crippen LogP contribution >= 0.6 is 0 Å². The minimum atomic E-state index is 0.296. The Morgan fingerprint density at radius 3 is 2.90 bits per heavy atom. The zero-order valence-corrected chi connectivity index (χ0v) is 12.4. The van der Waals surface area contributed by atoms with Crippen LogP contribution in [0.1, 0.15) is 47.7 Å². The van der Waals surface area contributed by atoms with Gasteiger partial charge in [-0.3, -0.25) is 0 Å². The van der Waals surface area contributed by atoms with Gasteiger partial charge < -0.3 is 10.1 Å². The van der Waals surface area contributed by atoms with E-state index < -0.39 is 0 Å². The molecule has 0 amide bonds. The molecule has 2 atom stereocenters. The quantitative estimate of drug-likeness (QED) is 0.918. The maximum absolute atomic E-state index is 5.76. The third-order valence-corrected chi connectivity index (χ3v) is 4.77. The molecule has 0 spiro atoms. The lowest BCUT2D eigenvalue weighted by atomic mass is 10.0. The highest BCUT2D eigenvalue weighted by Crippen LogP contribution is 2.34. The summed E-state index contributed by atoms with van der Waals surface area (Å²) in [5, 5.41) is 3.72. The smallest absolute Gasteiger partial charge is 0.124 e. The Kier molecular flexibility index (Phi) is 3.19. The van der Waals surface area contributed by atoms with E-state index >= 15 is 0 Å². The number of hydrogen-bond acceptors (Lipinski definition) is 2. The predicted molar refractivity (Wildman–Crippen MR) is 84.7 cm³/mol. The molecule has 2 aromatic carbocycles. The summed E-state index contributed by atoms with van der Waals surface area (Å²) < 4.78 is 5.76. The van der Waals surface area contributed by atoms with Gasteiger partial charge in [0.15, 0.2) is 0 Å². The van der Waals surface area contributed by atoms with Gasteiger partial charge in [0.2, 0.25) is 0 Å². The van der Waals surface area contributed by atoms with Crippen molar-refractivity contribution in [2.75, 3.05) is 6.61 Å². The number of benzene rings is 2. The summed E-state index contributed by atoms with van der Waals surface area (Å²) in [6.45, 7) is 2.98. The van der Waals surface area contributed by atoms with Crippen molar-refractivity contribution in [3.8, 4) is 5.75 Å². The van der Waals surface area contributed by atoms with E-state index in [9.17, 15) is 0 Å². The summed E-state index contributed by atoms with van der Waals surface area (Å²) in [6.07, 6.45) is 3.80. The molecule has 0 fully saturated rings. The van der Waals surface area contributed by atoms with Crippen LogP contribution in [-0.4, -0.2) is 6.61 Å². The summed E-state index contributed by atoms with van der Waals surface area (Å²) in [6, 6.07) is 16.0. The average Bonchev–Trinajstić information content (AvgIpc) is 3.13. The Labute approximate surface area is 126 Å². The SMILES string of the molecule is CC(NC1COc2ccccc21)c1ccc2c(c1)CCC2. The molecule has 0 saturated carbocycles. The molecular formula is C19H21NO. The van der Waals surface area contributed by atoms with Gasteiger partial charge in [0, 0.05) is 11.6 Å². The van der Waals surface area contributed by atoms with Gasteiger partial charge in [-0.2, -0.15) is 0 Å². The fourth-order valence-electron chi connectivity index (χ4n) is 3.56. The molecule has 0 radical (unpaired) electrons. The molecule has 1 aliphatic heterocycles. The molecular weight excluding hydrogens is 258 g/mol. The molecule has 108 valence electrons. The minimum absolute atomic E-state index is 0.296. The van der Waals surface area contributed by atoms with E-state index in [1.165, 1.54) is 30.4 Å². The van der Waals surface area contributed by atoms with Crippen molar-refractivity contribution in [3.05, 3.63) is 64.7 Å². The third-order valence-electron chi connectivity index (χ3n) is 4.77. The largest absolute Gasteiger partial charge is 0.491 e. The molecule has 2 aliphatic rings. The van der Waals surface area contributed by atoms with Gasteiger partial charge in [0.05, 0.1) is 6.04 Å². The van der Waals surface area contributed by atoms with E-state index in [4.69, 9.17) is 4.74 Å². The first-order valence-corrected chi connectivity index (χ1v) is 7.91. The van der Waals surface area contributed by atoms with Gasteiger partial charge in [0.1, 0.15) is 12.4 Å². The van der Waals surface area contributed by atoms with Crippen LogP contribution in [0.3, 0.4) is 0 Å². The first-order valence-electron chi connectivity index (χ1n) is 7.91. The van der Waals surface area contributed by atoms with Crippen molar-refractivity contribution in [2.45, 2.75) is 38.3 Å². The first kappa shape index (κ1) is 12.9. The Morgan fingerprint density at radius 2 is 1.95 bits per heavy atom. The molecule has 0 aromatic heterocycles.